The van der Waals surface area contributed by atoms with Crippen LogP contribution in [0.5, 0.6) is 0 Å². The molecule has 0 spiro atoms. The summed E-state index contributed by atoms with van der Waals surface area (Å²) < 4.78 is 14.9. The standard InChI is InChI=1S/C17H10Cl3FN8/c18-11-3-9(1-2-12(11)21)27-17-25-6-10(8-4-23-16(22)24-5-8)15(28-17)29-7-26-13(19)14(29)20/h1-7H,(H2,22,23,24)(H,25,27,28). The van der Waals surface area contributed by atoms with Crippen molar-refractivity contribution in [1.29, 1.82) is 0 Å². The molecule has 3 aromatic heterocycles. The van der Waals surface area contributed by atoms with Gasteiger partial charge in [0.1, 0.15) is 12.1 Å². The van der Waals surface area contributed by atoms with Gasteiger partial charge in [0.05, 0.1) is 5.02 Å². The normalized spacial score (nSPS) is 10.9. The van der Waals surface area contributed by atoms with Crippen LogP contribution in [0.15, 0.2) is 43.1 Å². The molecule has 0 fully saturated rings. The molecule has 0 saturated heterocycles. The Morgan fingerprint density at radius 3 is 2.41 bits per heavy atom. The van der Waals surface area contributed by atoms with E-state index < -0.39 is 5.82 Å². The minimum atomic E-state index is -0.530. The van der Waals surface area contributed by atoms with Crippen molar-refractivity contribution in [3.63, 3.8) is 0 Å². The highest BCUT2D eigenvalue weighted by molar-refractivity contribution is 6.40. The van der Waals surface area contributed by atoms with Crippen LogP contribution in [0.3, 0.4) is 0 Å². The Labute approximate surface area is 178 Å². The fraction of sp³-hybridized carbons (Fsp3) is 0. The van der Waals surface area contributed by atoms with Crippen molar-refractivity contribution in [2.75, 3.05) is 11.1 Å². The molecule has 0 amide bonds. The lowest BCUT2D eigenvalue weighted by Gasteiger charge is -2.12. The molecule has 8 nitrogen and oxygen atoms in total. The van der Waals surface area contributed by atoms with Gasteiger partial charge in [0.15, 0.2) is 16.1 Å². The monoisotopic (exact) mass is 450 g/mol. The SMILES string of the molecule is Nc1ncc(-c2cnc(Nc3ccc(F)c(Cl)c3)nc2-n2cnc(Cl)c2Cl)cn1. The summed E-state index contributed by atoms with van der Waals surface area (Å²) in [5.74, 6) is 0.181. The van der Waals surface area contributed by atoms with Gasteiger partial charge in [-0.2, -0.15) is 4.98 Å². The highest BCUT2D eigenvalue weighted by Crippen LogP contribution is 2.30. The van der Waals surface area contributed by atoms with Gasteiger partial charge in [-0.15, -0.1) is 0 Å². The number of imidazole rings is 1. The van der Waals surface area contributed by atoms with Crippen LogP contribution in [0, 0.1) is 5.82 Å². The third-order valence-corrected chi connectivity index (χ3v) is 4.85. The van der Waals surface area contributed by atoms with E-state index >= 15 is 0 Å². The summed E-state index contributed by atoms with van der Waals surface area (Å²) in [4.78, 5) is 20.7. The largest absolute Gasteiger partial charge is 0.368 e. The number of rotatable bonds is 4. The fourth-order valence-corrected chi connectivity index (χ4v) is 2.95. The van der Waals surface area contributed by atoms with Crippen LogP contribution in [0.1, 0.15) is 0 Å². The molecular formula is C17H10Cl3FN8. The number of nitrogens with one attached hydrogen (secondary N) is 1. The second-order valence-corrected chi connectivity index (χ2v) is 6.83. The van der Waals surface area contributed by atoms with Crippen LogP contribution in [-0.2, 0) is 0 Å². The van der Waals surface area contributed by atoms with Crippen LogP contribution >= 0.6 is 34.8 Å². The average Bonchev–Trinajstić information content (AvgIpc) is 3.04. The maximum atomic E-state index is 13.4. The van der Waals surface area contributed by atoms with Crippen molar-refractivity contribution in [3.05, 3.63) is 64.3 Å². The zero-order valence-corrected chi connectivity index (χ0v) is 16.6. The lowest BCUT2D eigenvalue weighted by atomic mass is 10.1. The summed E-state index contributed by atoms with van der Waals surface area (Å²) in [6.45, 7) is 0. The number of nitrogens with two attached hydrogens (primary N) is 1. The Bertz CT molecular complexity index is 1200. The van der Waals surface area contributed by atoms with Crippen LogP contribution < -0.4 is 11.1 Å². The van der Waals surface area contributed by atoms with Crippen molar-refractivity contribution >= 4 is 52.4 Å². The number of benzene rings is 1. The second kappa shape index (κ2) is 7.78. The number of aromatic nitrogens is 6. The molecule has 146 valence electrons. The first-order chi connectivity index (χ1) is 13.9. The molecule has 12 heteroatoms. The molecule has 0 unspecified atom stereocenters. The van der Waals surface area contributed by atoms with Gasteiger partial charge in [0.2, 0.25) is 11.9 Å². The van der Waals surface area contributed by atoms with E-state index in [-0.39, 0.29) is 27.2 Å². The molecule has 3 N–H and O–H groups in total. The summed E-state index contributed by atoms with van der Waals surface area (Å²) in [6.07, 6.45) is 6.04. The van der Waals surface area contributed by atoms with E-state index in [0.29, 0.717) is 22.6 Å². The molecular weight excluding hydrogens is 442 g/mol. The molecule has 0 radical (unpaired) electrons. The van der Waals surface area contributed by atoms with Gasteiger partial charge in [0.25, 0.3) is 0 Å². The molecule has 0 aliphatic rings. The fourth-order valence-electron chi connectivity index (χ4n) is 2.46. The highest BCUT2D eigenvalue weighted by atomic mass is 35.5. The predicted molar refractivity (Wildman–Crippen MR) is 109 cm³/mol. The number of halogens is 4. The Morgan fingerprint density at radius 2 is 1.76 bits per heavy atom. The molecule has 4 rings (SSSR count). The quantitative estimate of drug-likeness (QED) is 0.469. The number of nitrogens with zero attached hydrogens (tertiary/aromatic N) is 6. The van der Waals surface area contributed by atoms with E-state index in [4.69, 9.17) is 40.5 Å². The first kappa shape index (κ1) is 19.3. The third kappa shape index (κ3) is 3.93. The van der Waals surface area contributed by atoms with Gasteiger partial charge >= 0.3 is 0 Å². The van der Waals surface area contributed by atoms with Crippen molar-refractivity contribution in [2.45, 2.75) is 0 Å². The van der Waals surface area contributed by atoms with Crippen LogP contribution in [-0.4, -0.2) is 29.5 Å². The average molecular weight is 452 g/mol. The zero-order valence-electron chi connectivity index (χ0n) is 14.3. The van der Waals surface area contributed by atoms with E-state index in [1.807, 2.05) is 0 Å². The summed E-state index contributed by atoms with van der Waals surface area (Å²) in [7, 11) is 0. The smallest absolute Gasteiger partial charge is 0.229 e. The molecule has 1 aromatic carbocycles. The molecule has 0 bridgehead atoms. The lowest BCUT2D eigenvalue weighted by Crippen LogP contribution is -2.06. The Hall–Kier alpha value is -3.01. The highest BCUT2D eigenvalue weighted by Gasteiger charge is 2.17. The minimum absolute atomic E-state index is 0.0321. The summed E-state index contributed by atoms with van der Waals surface area (Å²) >= 11 is 18.1. The molecule has 0 saturated carbocycles. The number of nitrogen functional groups attached to an aromatic ring is 1. The van der Waals surface area contributed by atoms with Gasteiger partial charge in [-0.1, -0.05) is 34.8 Å². The Kier molecular flexibility index (Phi) is 5.18. The maximum absolute atomic E-state index is 13.4. The molecule has 29 heavy (non-hydrogen) atoms. The van der Waals surface area contributed by atoms with Crippen molar-refractivity contribution in [2.24, 2.45) is 0 Å². The molecule has 3 heterocycles. The van der Waals surface area contributed by atoms with Crippen LogP contribution in [0.4, 0.5) is 22.0 Å². The summed E-state index contributed by atoms with van der Waals surface area (Å²) in [5, 5.41) is 3.21. The van der Waals surface area contributed by atoms with E-state index in [1.54, 1.807) is 6.20 Å². The second-order valence-electron chi connectivity index (χ2n) is 5.71. The van der Waals surface area contributed by atoms with Crippen LogP contribution in [0.2, 0.25) is 15.3 Å². The first-order valence-electron chi connectivity index (χ1n) is 7.98. The molecule has 0 aliphatic heterocycles. The summed E-state index contributed by atoms with van der Waals surface area (Å²) in [5.41, 5.74) is 7.22. The van der Waals surface area contributed by atoms with Gasteiger partial charge in [0, 0.05) is 35.4 Å². The predicted octanol–water partition coefficient (Wildman–Crippen LogP) is 4.54. The zero-order chi connectivity index (χ0) is 20.5. The van der Waals surface area contributed by atoms with Crippen LogP contribution in [0.25, 0.3) is 16.9 Å². The van der Waals surface area contributed by atoms with Gasteiger partial charge < -0.3 is 11.1 Å². The minimum Gasteiger partial charge on any atom is -0.368 e. The molecule has 4 aromatic rings. The maximum Gasteiger partial charge on any atom is 0.229 e. The van der Waals surface area contributed by atoms with Crippen molar-refractivity contribution in [1.82, 2.24) is 29.5 Å². The van der Waals surface area contributed by atoms with E-state index in [0.717, 1.165) is 0 Å². The van der Waals surface area contributed by atoms with E-state index in [9.17, 15) is 4.39 Å². The number of anilines is 3. The third-order valence-electron chi connectivity index (χ3n) is 3.82. The van der Waals surface area contributed by atoms with E-state index in [2.05, 4.69) is 30.2 Å². The van der Waals surface area contributed by atoms with Gasteiger partial charge in [-0.05, 0) is 18.2 Å². The number of hydrogen-bond acceptors (Lipinski definition) is 7. The Balaban J connectivity index is 1.81. The van der Waals surface area contributed by atoms with Crippen molar-refractivity contribution in [3.8, 4) is 16.9 Å². The van der Waals surface area contributed by atoms with Gasteiger partial charge in [-0.25, -0.2) is 24.3 Å². The summed E-state index contributed by atoms with van der Waals surface area (Å²) in [6, 6.07) is 4.16. The molecule has 0 aliphatic carbocycles. The van der Waals surface area contributed by atoms with E-state index in [1.165, 1.54) is 41.5 Å². The lowest BCUT2D eigenvalue weighted by molar-refractivity contribution is 0.628. The number of hydrogen-bond donors (Lipinski definition) is 2. The van der Waals surface area contributed by atoms with Gasteiger partial charge in [-0.3, -0.25) is 4.57 Å². The first-order valence-corrected chi connectivity index (χ1v) is 9.11. The Morgan fingerprint density at radius 1 is 1.00 bits per heavy atom. The van der Waals surface area contributed by atoms with Crippen molar-refractivity contribution < 1.29 is 4.39 Å². The molecule has 0 atom stereocenters. The topological polar surface area (TPSA) is 107 Å².